The van der Waals surface area contributed by atoms with Crippen LogP contribution in [0.2, 0.25) is 0 Å². The summed E-state index contributed by atoms with van der Waals surface area (Å²) in [5.41, 5.74) is 1.25. The Morgan fingerprint density at radius 3 is 2.79 bits per heavy atom. The van der Waals surface area contributed by atoms with Gasteiger partial charge in [-0.05, 0) is 33.3 Å². The fraction of sp³-hybridized carbons (Fsp3) is 0.500. The lowest BCUT2D eigenvalue weighted by molar-refractivity contribution is 0.681. The minimum absolute atomic E-state index is 0.00926. The zero-order chi connectivity index (χ0) is 14.0. The molecule has 0 N–H and O–H groups in total. The molecular formula is C14H18N4S. The number of hydrogen-bond acceptors (Lipinski definition) is 5. The van der Waals surface area contributed by atoms with Crippen LogP contribution in [0.4, 0.5) is 5.82 Å². The topological polar surface area (TPSA) is 52.8 Å². The van der Waals surface area contributed by atoms with Crippen LogP contribution in [0.3, 0.4) is 0 Å². The molecule has 0 saturated carbocycles. The Morgan fingerprint density at radius 2 is 2.16 bits per heavy atom. The molecule has 0 aliphatic heterocycles. The van der Waals surface area contributed by atoms with E-state index in [2.05, 4.69) is 41.7 Å². The van der Waals surface area contributed by atoms with Gasteiger partial charge in [0.2, 0.25) is 0 Å². The third-order valence-electron chi connectivity index (χ3n) is 3.34. The lowest BCUT2D eigenvalue weighted by atomic mass is 10.1. The standard InChI is InChI=1S/C14H18N4S/c1-5-18(7-9(2)6-15)13-12-10(3)11(4)19-14(12)17-8-16-13/h8-9H,5,7H2,1-4H3. The molecule has 5 heteroatoms. The zero-order valence-electron chi connectivity index (χ0n) is 11.8. The molecule has 0 amide bonds. The highest BCUT2D eigenvalue weighted by molar-refractivity contribution is 7.18. The molecule has 0 aliphatic carbocycles. The highest BCUT2D eigenvalue weighted by Gasteiger charge is 2.17. The molecule has 0 saturated heterocycles. The second-order valence-electron chi connectivity index (χ2n) is 4.73. The van der Waals surface area contributed by atoms with Crippen LogP contribution in [0.1, 0.15) is 24.3 Å². The quantitative estimate of drug-likeness (QED) is 0.858. The van der Waals surface area contributed by atoms with Gasteiger partial charge in [-0.25, -0.2) is 9.97 Å². The van der Waals surface area contributed by atoms with Gasteiger partial charge in [0.25, 0.3) is 0 Å². The predicted molar refractivity (Wildman–Crippen MR) is 79.6 cm³/mol. The molecule has 2 heterocycles. The van der Waals surface area contributed by atoms with Gasteiger partial charge < -0.3 is 4.90 Å². The van der Waals surface area contributed by atoms with Crippen LogP contribution in [-0.2, 0) is 0 Å². The summed E-state index contributed by atoms with van der Waals surface area (Å²) in [5.74, 6) is 0.946. The normalized spacial score (nSPS) is 12.4. The van der Waals surface area contributed by atoms with Crippen molar-refractivity contribution in [3.63, 3.8) is 0 Å². The maximum absolute atomic E-state index is 8.99. The molecule has 0 bridgehead atoms. The molecule has 2 aromatic heterocycles. The summed E-state index contributed by atoms with van der Waals surface area (Å²) in [6, 6.07) is 2.28. The predicted octanol–water partition coefficient (Wildman–Crippen LogP) is 3.29. The van der Waals surface area contributed by atoms with Crippen LogP contribution in [0, 0.1) is 31.1 Å². The zero-order valence-corrected chi connectivity index (χ0v) is 12.6. The summed E-state index contributed by atoms with van der Waals surface area (Å²) in [6.07, 6.45) is 1.62. The molecule has 0 aliphatic rings. The van der Waals surface area contributed by atoms with Gasteiger partial charge in [0.1, 0.15) is 17.0 Å². The fourth-order valence-electron chi connectivity index (χ4n) is 2.14. The Morgan fingerprint density at radius 1 is 1.42 bits per heavy atom. The monoisotopic (exact) mass is 274 g/mol. The molecule has 0 spiro atoms. The molecule has 1 unspecified atom stereocenters. The van der Waals surface area contributed by atoms with E-state index in [0.717, 1.165) is 22.6 Å². The van der Waals surface area contributed by atoms with E-state index < -0.39 is 0 Å². The molecule has 100 valence electrons. The second-order valence-corrected chi connectivity index (χ2v) is 5.93. The summed E-state index contributed by atoms with van der Waals surface area (Å²) in [7, 11) is 0. The second kappa shape index (κ2) is 5.54. The Kier molecular flexibility index (Phi) is 4.01. The molecule has 2 aromatic rings. The van der Waals surface area contributed by atoms with Crippen LogP contribution in [0.25, 0.3) is 10.2 Å². The van der Waals surface area contributed by atoms with Gasteiger partial charge >= 0.3 is 0 Å². The van der Waals surface area contributed by atoms with E-state index in [1.54, 1.807) is 17.7 Å². The van der Waals surface area contributed by atoms with Gasteiger partial charge in [0.15, 0.2) is 0 Å². The third kappa shape index (κ3) is 2.54. The molecule has 2 rings (SSSR count). The van der Waals surface area contributed by atoms with E-state index in [1.165, 1.54) is 10.4 Å². The number of aromatic nitrogens is 2. The van der Waals surface area contributed by atoms with Crippen LogP contribution >= 0.6 is 11.3 Å². The first-order chi connectivity index (χ1) is 9.08. The van der Waals surface area contributed by atoms with Crippen LogP contribution < -0.4 is 4.90 Å². The summed E-state index contributed by atoms with van der Waals surface area (Å²) < 4.78 is 0. The molecule has 19 heavy (non-hydrogen) atoms. The number of aryl methyl sites for hydroxylation is 2. The van der Waals surface area contributed by atoms with E-state index in [0.29, 0.717) is 6.54 Å². The van der Waals surface area contributed by atoms with E-state index >= 15 is 0 Å². The average Bonchev–Trinajstić information content (AvgIpc) is 2.71. The number of nitriles is 1. The third-order valence-corrected chi connectivity index (χ3v) is 4.46. The lowest BCUT2D eigenvalue weighted by Crippen LogP contribution is -2.28. The van der Waals surface area contributed by atoms with Crippen LogP contribution in [0.5, 0.6) is 0 Å². The molecule has 4 nitrogen and oxygen atoms in total. The van der Waals surface area contributed by atoms with Gasteiger partial charge in [-0.2, -0.15) is 5.26 Å². The smallest absolute Gasteiger partial charge is 0.141 e. The maximum atomic E-state index is 8.99. The first kappa shape index (κ1) is 13.8. The van der Waals surface area contributed by atoms with Crippen molar-refractivity contribution in [2.75, 3.05) is 18.0 Å². The molecule has 0 aromatic carbocycles. The van der Waals surface area contributed by atoms with E-state index in [-0.39, 0.29) is 5.92 Å². The number of hydrogen-bond donors (Lipinski definition) is 0. The van der Waals surface area contributed by atoms with E-state index in [4.69, 9.17) is 5.26 Å². The largest absolute Gasteiger partial charge is 0.355 e. The highest BCUT2D eigenvalue weighted by Crippen LogP contribution is 2.34. The average molecular weight is 274 g/mol. The van der Waals surface area contributed by atoms with Gasteiger partial charge in [0.05, 0.1) is 17.4 Å². The van der Waals surface area contributed by atoms with Gasteiger partial charge in [-0.1, -0.05) is 0 Å². The van der Waals surface area contributed by atoms with Crippen molar-refractivity contribution in [1.82, 2.24) is 9.97 Å². The minimum atomic E-state index is -0.00926. The Balaban J connectivity index is 2.51. The minimum Gasteiger partial charge on any atom is -0.355 e. The molecule has 1 atom stereocenters. The van der Waals surface area contributed by atoms with Gasteiger partial charge in [0, 0.05) is 18.0 Å². The van der Waals surface area contributed by atoms with Crippen molar-refractivity contribution in [1.29, 1.82) is 5.26 Å². The highest BCUT2D eigenvalue weighted by atomic mass is 32.1. The maximum Gasteiger partial charge on any atom is 0.141 e. The van der Waals surface area contributed by atoms with Crippen LogP contribution in [0.15, 0.2) is 6.33 Å². The molecular weight excluding hydrogens is 256 g/mol. The number of nitrogens with zero attached hydrogens (tertiary/aromatic N) is 4. The Bertz CT molecular complexity index is 626. The molecule has 0 radical (unpaired) electrons. The van der Waals surface area contributed by atoms with Crippen molar-refractivity contribution in [3.8, 4) is 6.07 Å². The number of thiophene rings is 1. The summed E-state index contributed by atoms with van der Waals surface area (Å²) >= 11 is 1.70. The van der Waals surface area contributed by atoms with Crippen molar-refractivity contribution in [2.24, 2.45) is 5.92 Å². The van der Waals surface area contributed by atoms with E-state index in [1.807, 2.05) is 6.92 Å². The lowest BCUT2D eigenvalue weighted by Gasteiger charge is -2.23. The van der Waals surface area contributed by atoms with Crippen LogP contribution in [-0.4, -0.2) is 23.1 Å². The summed E-state index contributed by atoms with van der Waals surface area (Å²) in [5, 5.41) is 10.1. The SMILES string of the molecule is CCN(CC(C)C#N)c1ncnc2sc(C)c(C)c12. The van der Waals surface area contributed by atoms with Crippen molar-refractivity contribution in [2.45, 2.75) is 27.7 Å². The molecule has 0 fully saturated rings. The van der Waals surface area contributed by atoms with Gasteiger partial charge in [-0.3, -0.25) is 0 Å². The number of fused-ring (bicyclic) bond motifs is 1. The van der Waals surface area contributed by atoms with Crippen molar-refractivity contribution >= 4 is 27.4 Å². The summed E-state index contributed by atoms with van der Waals surface area (Å²) in [4.78, 5) is 13.3. The fourth-order valence-corrected chi connectivity index (χ4v) is 3.13. The van der Waals surface area contributed by atoms with Gasteiger partial charge in [-0.15, -0.1) is 11.3 Å². The number of anilines is 1. The first-order valence-electron chi connectivity index (χ1n) is 6.43. The van der Waals surface area contributed by atoms with Crippen molar-refractivity contribution in [3.05, 3.63) is 16.8 Å². The summed E-state index contributed by atoms with van der Waals surface area (Å²) in [6.45, 7) is 9.79. The Labute approximate surface area is 117 Å². The van der Waals surface area contributed by atoms with Crippen molar-refractivity contribution < 1.29 is 0 Å². The first-order valence-corrected chi connectivity index (χ1v) is 7.25. The number of rotatable bonds is 4. The Hall–Kier alpha value is -1.67. The van der Waals surface area contributed by atoms with E-state index in [9.17, 15) is 0 Å².